The van der Waals surface area contributed by atoms with Gasteiger partial charge in [0.15, 0.2) is 5.78 Å². The van der Waals surface area contributed by atoms with Crippen molar-refractivity contribution in [3.05, 3.63) is 11.6 Å². The van der Waals surface area contributed by atoms with Crippen LogP contribution in [0.1, 0.15) is 53.4 Å². The third-order valence-electron chi connectivity index (χ3n) is 4.04. The highest BCUT2D eigenvalue weighted by atomic mass is 16.3. The summed E-state index contributed by atoms with van der Waals surface area (Å²) in [6.45, 7) is 7.59. The molecule has 3 nitrogen and oxygen atoms in total. The fraction of sp³-hybridized carbons (Fsp3) is 0.800. The van der Waals surface area contributed by atoms with Crippen LogP contribution in [0.3, 0.4) is 0 Å². The maximum atomic E-state index is 11.7. The van der Waals surface area contributed by atoms with Crippen molar-refractivity contribution < 1.29 is 15.0 Å². The van der Waals surface area contributed by atoms with E-state index in [0.717, 1.165) is 12.0 Å². The fourth-order valence-corrected chi connectivity index (χ4v) is 2.68. The number of rotatable bonds is 4. The third-order valence-corrected chi connectivity index (χ3v) is 4.04. The Morgan fingerprint density at radius 1 is 1.50 bits per heavy atom. The number of allylic oxidation sites excluding steroid dienone is 2. The fourth-order valence-electron chi connectivity index (χ4n) is 2.68. The van der Waals surface area contributed by atoms with Gasteiger partial charge in [-0.1, -0.05) is 12.5 Å². The Balaban J connectivity index is 2.52. The van der Waals surface area contributed by atoms with Gasteiger partial charge in [-0.15, -0.1) is 0 Å². The van der Waals surface area contributed by atoms with E-state index in [0.29, 0.717) is 25.2 Å². The van der Waals surface area contributed by atoms with Gasteiger partial charge < -0.3 is 10.2 Å². The molecular weight excluding hydrogens is 228 g/mol. The maximum Gasteiger partial charge on any atom is 0.155 e. The highest BCUT2D eigenvalue weighted by Gasteiger charge is 2.38. The van der Waals surface area contributed by atoms with E-state index in [1.54, 1.807) is 13.0 Å². The first-order chi connectivity index (χ1) is 8.22. The molecule has 2 N–H and O–H groups in total. The summed E-state index contributed by atoms with van der Waals surface area (Å²) in [6, 6.07) is 0. The predicted octanol–water partition coefficient (Wildman–Crippen LogP) is 2.46. The molecule has 3 heteroatoms. The molecule has 0 amide bonds. The normalized spacial score (nSPS) is 33.9. The molecular formula is C15H26O3. The van der Waals surface area contributed by atoms with Crippen LogP contribution < -0.4 is 0 Å². The number of carbonyl (C=O) groups is 1. The van der Waals surface area contributed by atoms with Crippen LogP contribution in [0.2, 0.25) is 0 Å². The highest BCUT2D eigenvalue weighted by molar-refractivity contribution is 5.90. The first kappa shape index (κ1) is 15.4. The van der Waals surface area contributed by atoms with Gasteiger partial charge in [0.2, 0.25) is 0 Å². The van der Waals surface area contributed by atoms with E-state index in [1.807, 2.05) is 13.8 Å². The molecule has 0 aromatic rings. The number of hydrogen-bond acceptors (Lipinski definition) is 3. The van der Waals surface area contributed by atoms with Crippen LogP contribution >= 0.6 is 0 Å². The largest absolute Gasteiger partial charge is 0.390 e. The second-order valence-corrected chi connectivity index (χ2v) is 6.28. The van der Waals surface area contributed by atoms with Crippen molar-refractivity contribution in [2.45, 2.75) is 65.1 Å². The Kier molecular flexibility index (Phi) is 5.11. The summed E-state index contributed by atoms with van der Waals surface area (Å²) < 4.78 is 0. The van der Waals surface area contributed by atoms with Gasteiger partial charge in [0, 0.05) is 6.42 Å². The first-order valence-electron chi connectivity index (χ1n) is 6.80. The highest BCUT2D eigenvalue weighted by Crippen LogP contribution is 2.37. The Bertz CT molecular complexity index is 327. The zero-order valence-corrected chi connectivity index (χ0v) is 11.9. The lowest BCUT2D eigenvalue weighted by molar-refractivity contribution is -0.118. The summed E-state index contributed by atoms with van der Waals surface area (Å²) in [5, 5.41) is 19.8. The van der Waals surface area contributed by atoms with E-state index in [4.69, 9.17) is 0 Å². The molecule has 1 rings (SSSR count). The summed E-state index contributed by atoms with van der Waals surface area (Å²) in [4.78, 5) is 11.7. The van der Waals surface area contributed by atoms with Crippen LogP contribution in [0.5, 0.6) is 0 Å². The molecule has 0 heterocycles. The van der Waals surface area contributed by atoms with Crippen LogP contribution in [0.25, 0.3) is 0 Å². The molecule has 0 aromatic heterocycles. The minimum absolute atomic E-state index is 0.161. The average molecular weight is 254 g/mol. The molecule has 0 radical (unpaired) electrons. The third kappa shape index (κ3) is 4.21. The van der Waals surface area contributed by atoms with E-state index in [-0.39, 0.29) is 11.7 Å². The van der Waals surface area contributed by atoms with Gasteiger partial charge in [-0.3, -0.25) is 4.79 Å². The van der Waals surface area contributed by atoms with Crippen molar-refractivity contribution in [3.63, 3.8) is 0 Å². The Morgan fingerprint density at radius 3 is 2.61 bits per heavy atom. The lowest BCUT2D eigenvalue weighted by atomic mass is 9.72. The monoisotopic (exact) mass is 254 g/mol. The molecule has 1 fully saturated rings. The van der Waals surface area contributed by atoms with Crippen molar-refractivity contribution in [3.8, 4) is 0 Å². The summed E-state index contributed by atoms with van der Waals surface area (Å²) in [5.41, 5.74) is 0.0685. The van der Waals surface area contributed by atoms with E-state index in [2.05, 4.69) is 6.92 Å². The predicted molar refractivity (Wildman–Crippen MR) is 72.2 cm³/mol. The van der Waals surface area contributed by atoms with Crippen molar-refractivity contribution in [1.82, 2.24) is 0 Å². The van der Waals surface area contributed by atoms with Gasteiger partial charge in [0.05, 0.1) is 11.7 Å². The molecule has 1 saturated carbocycles. The summed E-state index contributed by atoms with van der Waals surface area (Å²) in [6.07, 6.45) is 3.64. The number of aliphatic hydroxyl groups excluding tert-OH is 1. The van der Waals surface area contributed by atoms with Gasteiger partial charge >= 0.3 is 0 Å². The molecule has 104 valence electrons. The van der Waals surface area contributed by atoms with Crippen LogP contribution in [0.4, 0.5) is 0 Å². The molecule has 0 aliphatic heterocycles. The summed E-state index contributed by atoms with van der Waals surface area (Å²) in [5.74, 6) is 0.753. The molecule has 0 saturated heterocycles. The Morgan fingerprint density at radius 2 is 2.11 bits per heavy atom. The summed E-state index contributed by atoms with van der Waals surface area (Å²) >= 11 is 0. The van der Waals surface area contributed by atoms with Gasteiger partial charge in [-0.2, -0.15) is 0 Å². The first-order valence-corrected chi connectivity index (χ1v) is 6.80. The quantitative estimate of drug-likeness (QED) is 0.758. The van der Waals surface area contributed by atoms with Gasteiger partial charge in [-0.05, 0) is 57.9 Å². The SMILES string of the molecule is CC(C)=CC(=O)CC(C)C1CCC(C)(O)C(O)C1. The lowest BCUT2D eigenvalue weighted by Crippen LogP contribution is -2.45. The molecule has 1 aliphatic carbocycles. The Hall–Kier alpha value is -0.670. The van der Waals surface area contributed by atoms with Crippen molar-refractivity contribution in [2.24, 2.45) is 11.8 Å². The molecule has 0 spiro atoms. The van der Waals surface area contributed by atoms with E-state index in [1.165, 1.54) is 0 Å². The second kappa shape index (κ2) is 5.98. The van der Waals surface area contributed by atoms with Crippen molar-refractivity contribution in [1.29, 1.82) is 0 Å². The summed E-state index contributed by atoms with van der Waals surface area (Å²) in [7, 11) is 0. The van der Waals surface area contributed by atoms with Crippen molar-refractivity contribution in [2.75, 3.05) is 0 Å². The van der Waals surface area contributed by atoms with Gasteiger partial charge in [0.25, 0.3) is 0 Å². The number of ketones is 1. The van der Waals surface area contributed by atoms with E-state index >= 15 is 0 Å². The zero-order valence-electron chi connectivity index (χ0n) is 11.9. The molecule has 18 heavy (non-hydrogen) atoms. The second-order valence-electron chi connectivity index (χ2n) is 6.28. The Labute approximate surface area is 110 Å². The van der Waals surface area contributed by atoms with Gasteiger partial charge in [0.1, 0.15) is 0 Å². The maximum absolute atomic E-state index is 11.7. The lowest BCUT2D eigenvalue weighted by Gasteiger charge is -2.39. The average Bonchev–Trinajstić information content (AvgIpc) is 2.20. The standard InChI is InChI=1S/C15H26O3/c1-10(2)7-13(16)8-11(3)12-5-6-15(4,18)14(17)9-12/h7,11-12,14,17-18H,5-6,8-9H2,1-4H3. The van der Waals surface area contributed by atoms with Crippen LogP contribution in [-0.2, 0) is 4.79 Å². The molecule has 0 aromatic carbocycles. The topological polar surface area (TPSA) is 57.5 Å². The number of aliphatic hydroxyl groups is 2. The van der Waals surface area contributed by atoms with Gasteiger partial charge in [-0.25, -0.2) is 0 Å². The van der Waals surface area contributed by atoms with Crippen molar-refractivity contribution >= 4 is 5.78 Å². The zero-order chi connectivity index (χ0) is 13.9. The minimum atomic E-state index is -0.958. The van der Waals surface area contributed by atoms with E-state index < -0.39 is 11.7 Å². The smallest absolute Gasteiger partial charge is 0.155 e. The van der Waals surface area contributed by atoms with Crippen LogP contribution in [0.15, 0.2) is 11.6 Å². The van der Waals surface area contributed by atoms with E-state index in [9.17, 15) is 15.0 Å². The number of carbonyl (C=O) groups excluding carboxylic acids is 1. The molecule has 1 aliphatic rings. The molecule has 0 bridgehead atoms. The minimum Gasteiger partial charge on any atom is -0.390 e. The van der Waals surface area contributed by atoms with Crippen LogP contribution in [0, 0.1) is 11.8 Å². The molecule has 4 atom stereocenters. The van der Waals surface area contributed by atoms with Crippen LogP contribution in [-0.4, -0.2) is 27.7 Å². The molecule has 4 unspecified atom stereocenters. The number of hydrogen-bond donors (Lipinski definition) is 2.